The van der Waals surface area contributed by atoms with E-state index in [-0.39, 0.29) is 17.9 Å². The largest absolute Gasteiger partial charge is 0.395 e. The van der Waals surface area contributed by atoms with E-state index in [4.69, 9.17) is 0 Å². The summed E-state index contributed by atoms with van der Waals surface area (Å²) in [6.45, 7) is 2.27. The topological polar surface area (TPSA) is 20.2 Å². The van der Waals surface area contributed by atoms with Gasteiger partial charge in [0.15, 0.2) is 0 Å². The van der Waals surface area contributed by atoms with Crippen LogP contribution in [0.1, 0.15) is 29.5 Å². The standard InChI is InChI=1S/C18H18O/c1-18(13-19)12-11-14-7-5-6-10-16(14)17(18)15-8-3-2-4-9-15/h2-12,17,19H,13H2,1H3/t17-,18-/m1/s1. The van der Waals surface area contributed by atoms with E-state index in [0.717, 1.165) is 0 Å². The maximum Gasteiger partial charge on any atom is 0.0528 e. The van der Waals surface area contributed by atoms with Crippen molar-refractivity contribution in [3.8, 4) is 0 Å². The Labute approximate surface area is 114 Å². The van der Waals surface area contributed by atoms with Crippen LogP contribution in [-0.2, 0) is 0 Å². The van der Waals surface area contributed by atoms with Crippen molar-refractivity contribution in [2.24, 2.45) is 5.41 Å². The fourth-order valence-electron chi connectivity index (χ4n) is 3.01. The molecule has 0 fully saturated rings. The van der Waals surface area contributed by atoms with Gasteiger partial charge in [0.2, 0.25) is 0 Å². The van der Waals surface area contributed by atoms with Gasteiger partial charge in [0.25, 0.3) is 0 Å². The molecule has 0 saturated heterocycles. The van der Waals surface area contributed by atoms with Crippen LogP contribution < -0.4 is 0 Å². The van der Waals surface area contributed by atoms with Gasteiger partial charge >= 0.3 is 0 Å². The number of rotatable bonds is 2. The molecule has 0 aromatic heterocycles. The third kappa shape index (κ3) is 2.00. The van der Waals surface area contributed by atoms with E-state index >= 15 is 0 Å². The maximum absolute atomic E-state index is 9.86. The molecule has 2 aromatic carbocycles. The van der Waals surface area contributed by atoms with Gasteiger partial charge in [0.1, 0.15) is 0 Å². The molecule has 19 heavy (non-hydrogen) atoms. The molecule has 0 heterocycles. The van der Waals surface area contributed by atoms with E-state index in [1.807, 2.05) is 6.07 Å². The highest BCUT2D eigenvalue weighted by Gasteiger charge is 2.36. The normalized spacial score (nSPS) is 25.1. The van der Waals surface area contributed by atoms with E-state index in [9.17, 15) is 5.11 Å². The molecule has 1 aliphatic rings. The second kappa shape index (κ2) is 4.67. The van der Waals surface area contributed by atoms with Gasteiger partial charge in [0, 0.05) is 11.3 Å². The first-order valence-corrected chi connectivity index (χ1v) is 6.68. The van der Waals surface area contributed by atoms with Crippen molar-refractivity contribution in [3.05, 3.63) is 77.4 Å². The lowest BCUT2D eigenvalue weighted by Gasteiger charge is -2.38. The molecule has 96 valence electrons. The second-order valence-electron chi connectivity index (χ2n) is 5.47. The summed E-state index contributed by atoms with van der Waals surface area (Å²) >= 11 is 0. The van der Waals surface area contributed by atoms with Gasteiger partial charge in [-0.2, -0.15) is 0 Å². The number of hydrogen-bond donors (Lipinski definition) is 1. The SMILES string of the molecule is C[C@]1(CO)C=Cc2ccccc2[C@H]1c1ccccc1. The van der Waals surface area contributed by atoms with Crippen LogP contribution in [0.15, 0.2) is 60.7 Å². The molecule has 0 unspecified atom stereocenters. The molecule has 0 radical (unpaired) electrons. The summed E-state index contributed by atoms with van der Waals surface area (Å²) in [6.07, 6.45) is 4.28. The molecule has 0 spiro atoms. The van der Waals surface area contributed by atoms with Crippen LogP contribution in [0.25, 0.3) is 6.08 Å². The van der Waals surface area contributed by atoms with Crippen molar-refractivity contribution in [1.82, 2.24) is 0 Å². The molecule has 0 amide bonds. The minimum absolute atomic E-state index is 0.150. The molecule has 1 aliphatic carbocycles. The summed E-state index contributed by atoms with van der Waals surface area (Å²) in [7, 11) is 0. The van der Waals surface area contributed by atoms with Crippen molar-refractivity contribution in [1.29, 1.82) is 0 Å². The Hall–Kier alpha value is -1.86. The van der Waals surface area contributed by atoms with Crippen molar-refractivity contribution in [3.63, 3.8) is 0 Å². The van der Waals surface area contributed by atoms with E-state index < -0.39 is 0 Å². The third-order valence-electron chi connectivity index (χ3n) is 4.08. The zero-order chi connectivity index (χ0) is 13.3. The van der Waals surface area contributed by atoms with Gasteiger partial charge in [-0.1, -0.05) is 73.7 Å². The van der Waals surface area contributed by atoms with Gasteiger partial charge < -0.3 is 5.11 Å². The number of benzene rings is 2. The highest BCUT2D eigenvalue weighted by molar-refractivity contribution is 5.61. The zero-order valence-electron chi connectivity index (χ0n) is 11.1. The summed E-state index contributed by atoms with van der Waals surface area (Å²) in [5, 5.41) is 9.86. The van der Waals surface area contributed by atoms with E-state index in [2.05, 4.69) is 67.6 Å². The van der Waals surface area contributed by atoms with Gasteiger partial charge in [-0.25, -0.2) is 0 Å². The molecule has 2 aromatic rings. The summed E-state index contributed by atoms with van der Waals surface area (Å²) < 4.78 is 0. The minimum atomic E-state index is -0.240. The molecule has 0 aliphatic heterocycles. The van der Waals surface area contributed by atoms with Crippen LogP contribution in [0.2, 0.25) is 0 Å². The smallest absolute Gasteiger partial charge is 0.0528 e. The van der Waals surface area contributed by atoms with Crippen LogP contribution in [-0.4, -0.2) is 11.7 Å². The van der Waals surface area contributed by atoms with Crippen LogP contribution in [0.4, 0.5) is 0 Å². The van der Waals surface area contributed by atoms with Crippen LogP contribution in [0.3, 0.4) is 0 Å². The average molecular weight is 250 g/mol. The molecule has 3 rings (SSSR count). The molecule has 1 heteroatoms. The molecule has 2 atom stereocenters. The van der Waals surface area contributed by atoms with Crippen molar-refractivity contribution in [2.45, 2.75) is 12.8 Å². The highest BCUT2D eigenvalue weighted by Crippen LogP contribution is 2.46. The van der Waals surface area contributed by atoms with Gasteiger partial charge in [-0.05, 0) is 16.7 Å². The molecule has 0 bridgehead atoms. The first-order valence-electron chi connectivity index (χ1n) is 6.68. The second-order valence-corrected chi connectivity index (χ2v) is 5.47. The van der Waals surface area contributed by atoms with Gasteiger partial charge in [-0.15, -0.1) is 0 Å². The quantitative estimate of drug-likeness (QED) is 0.858. The summed E-state index contributed by atoms with van der Waals surface area (Å²) in [5.74, 6) is 0.208. The van der Waals surface area contributed by atoms with Gasteiger partial charge in [-0.3, -0.25) is 0 Å². The predicted octanol–water partition coefficient (Wildman–Crippen LogP) is 3.84. The fraction of sp³-hybridized carbons (Fsp3) is 0.222. The van der Waals surface area contributed by atoms with E-state index in [1.165, 1.54) is 16.7 Å². The predicted molar refractivity (Wildman–Crippen MR) is 79.0 cm³/mol. The Morgan fingerprint density at radius 2 is 1.68 bits per heavy atom. The lowest BCUT2D eigenvalue weighted by Crippen LogP contribution is -2.31. The molecular formula is C18H18O. The van der Waals surface area contributed by atoms with Crippen molar-refractivity contribution >= 4 is 6.08 Å². The molecular weight excluding hydrogens is 232 g/mol. The summed E-state index contributed by atoms with van der Waals surface area (Å²) in [5.41, 5.74) is 3.57. The molecule has 1 nitrogen and oxygen atoms in total. The van der Waals surface area contributed by atoms with Crippen LogP contribution >= 0.6 is 0 Å². The monoisotopic (exact) mass is 250 g/mol. The van der Waals surface area contributed by atoms with Crippen molar-refractivity contribution in [2.75, 3.05) is 6.61 Å². The Morgan fingerprint density at radius 3 is 2.42 bits per heavy atom. The third-order valence-corrected chi connectivity index (χ3v) is 4.08. The van der Waals surface area contributed by atoms with E-state index in [1.54, 1.807) is 0 Å². The fourth-order valence-corrected chi connectivity index (χ4v) is 3.01. The first-order chi connectivity index (χ1) is 9.24. The van der Waals surface area contributed by atoms with Crippen molar-refractivity contribution < 1.29 is 5.11 Å². The Kier molecular flexibility index (Phi) is 3.00. The molecule has 1 N–H and O–H groups in total. The summed E-state index contributed by atoms with van der Waals surface area (Å²) in [6, 6.07) is 18.9. The lowest BCUT2D eigenvalue weighted by molar-refractivity contribution is 0.168. The number of aliphatic hydroxyl groups is 1. The lowest BCUT2D eigenvalue weighted by atomic mass is 9.66. The maximum atomic E-state index is 9.86. The first kappa shape index (κ1) is 12.2. The van der Waals surface area contributed by atoms with E-state index in [0.29, 0.717) is 0 Å². The zero-order valence-corrected chi connectivity index (χ0v) is 11.1. The van der Waals surface area contributed by atoms with Gasteiger partial charge in [0.05, 0.1) is 6.61 Å². The molecule has 0 saturated carbocycles. The summed E-state index contributed by atoms with van der Waals surface area (Å²) in [4.78, 5) is 0. The minimum Gasteiger partial charge on any atom is -0.395 e. The Bertz CT molecular complexity index is 600. The highest BCUT2D eigenvalue weighted by atomic mass is 16.3. The van der Waals surface area contributed by atoms with Crippen LogP contribution in [0.5, 0.6) is 0 Å². The average Bonchev–Trinajstić information content (AvgIpc) is 2.48. The number of fused-ring (bicyclic) bond motifs is 1. The Morgan fingerprint density at radius 1 is 1.00 bits per heavy atom. The number of aliphatic hydroxyl groups excluding tert-OH is 1. The Balaban J connectivity index is 2.20. The number of hydrogen-bond acceptors (Lipinski definition) is 1. The van der Waals surface area contributed by atoms with Crippen LogP contribution in [0, 0.1) is 5.41 Å².